The zero-order valence-electron chi connectivity index (χ0n) is 13.1. The zero-order valence-corrected chi connectivity index (χ0v) is 13.1. The summed E-state index contributed by atoms with van der Waals surface area (Å²) in [6.45, 7) is -0.0475. The highest BCUT2D eigenvalue weighted by atomic mass is 19.1. The molecule has 0 aromatic heterocycles. The monoisotopic (exact) mass is 320 g/mol. The molecule has 0 N–H and O–H groups in total. The van der Waals surface area contributed by atoms with Crippen LogP contribution in [0.3, 0.4) is 0 Å². The van der Waals surface area contributed by atoms with Crippen LogP contribution in [0.5, 0.6) is 17.2 Å². The van der Waals surface area contributed by atoms with Crippen molar-refractivity contribution in [3.05, 3.63) is 53.3 Å². The van der Waals surface area contributed by atoms with E-state index in [2.05, 4.69) is 0 Å². The highest BCUT2D eigenvalue weighted by molar-refractivity contribution is 5.93. The predicted molar refractivity (Wildman–Crippen MR) is 81.6 cm³/mol. The second-order valence-electron chi connectivity index (χ2n) is 4.61. The maximum absolute atomic E-state index is 13.1. The molecular weight excluding hydrogens is 303 g/mol. The molecule has 0 aliphatic heterocycles. The van der Waals surface area contributed by atoms with Gasteiger partial charge in [0.2, 0.25) is 0 Å². The number of esters is 1. The van der Waals surface area contributed by atoms with Crippen molar-refractivity contribution in [2.45, 2.75) is 6.61 Å². The Morgan fingerprint density at radius 1 is 0.957 bits per heavy atom. The summed E-state index contributed by atoms with van der Waals surface area (Å²) in [7, 11) is 4.38. The van der Waals surface area contributed by atoms with Gasteiger partial charge >= 0.3 is 5.97 Å². The summed E-state index contributed by atoms with van der Waals surface area (Å²) in [4.78, 5) is 12.3. The molecule has 0 amide bonds. The highest BCUT2D eigenvalue weighted by Crippen LogP contribution is 2.35. The van der Waals surface area contributed by atoms with E-state index in [1.54, 1.807) is 12.1 Å². The molecule has 0 spiro atoms. The van der Waals surface area contributed by atoms with Gasteiger partial charge in [-0.3, -0.25) is 0 Å². The van der Waals surface area contributed by atoms with Crippen LogP contribution in [0.25, 0.3) is 0 Å². The average Bonchev–Trinajstić information content (AvgIpc) is 2.58. The van der Waals surface area contributed by atoms with Crippen molar-refractivity contribution >= 4 is 5.97 Å². The van der Waals surface area contributed by atoms with Crippen LogP contribution in [-0.2, 0) is 11.3 Å². The van der Waals surface area contributed by atoms with Crippen molar-refractivity contribution in [1.29, 1.82) is 0 Å². The first-order valence-corrected chi connectivity index (χ1v) is 6.80. The summed E-state index contributed by atoms with van der Waals surface area (Å²) in [6.07, 6.45) is 0. The third-order valence-corrected chi connectivity index (χ3v) is 3.18. The lowest BCUT2D eigenvalue weighted by molar-refractivity contribution is 0.0468. The van der Waals surface area contributed by atoms with E-state index in [1.807, 2.05) is 0 Å². The van der Waals surface area contributed by atoms with E-state index in [-0.39, 0.29) is 18.0 Å². The molecule has 0 aliphatic rings. The molecule has 0 unspecified atom stereocenters. The number of methoxy groups -OCH3 is 3. The molecule has 2 rings (SSSR count). The van der Waals surface area contributed by atoms with Gasteiger partial charge in [-0.1, -0.05) is 12.1 Å². The van der Waals surface area contributed by atoms with Crippen LogP contribution in [0.1, 0.15) is 15.9 Å². The van der Waals surface area contributed by atoms with Crippen molar-refractivity contribution in [3.8, 4) is 17.2 Å². The lowest BCUT2D eigenvalue weighted by Crippen LogP contribution is -2.08. The smallest absolute Gasteiger partial charge is 0.342 e. The van der Waals surface area contributed by atoms with Gasteiger partial charge in [-0.25, -0.2) is 9.18 Å². The second-order valence-corrected chi connectivity index (χ2v) is 4.61. The fourth-order valence-corrected chi connectivity index (χ4v) is 2.04. The lowest BCUT2D eigenvalue weighted by atomic mass is 10.1. The van der Waals surface area contributed by atoms with Crippen LogP contribution >= 0.6 is 0 Å². The molecule has 23 heavy (non-hydrogen) atoms. The molecule has 0 saturated carbocycles. The lowest BCUT2D eigenvalue weighted by Gasteiger charge is -2.13. The molecule has 2 aromatic carbocycles. The number of carbonyl (C=O) groups is 1. The summed E-state index contributed by atoms with van der Waals surface area (Å²) in [6, 6.07) is 8.86. The van der Waals surface area contributed by atoms with Gasteiger partial charge in [0.1, 0.15) is 23.7 Å². The Balaban J connectivity index is 2.21. The van der Waals surface area contributed by atoms with E-state index in [9.17, 15) is 9.18 Å². The predicted octanol–water partition coefficient (Wildman–Crippen LogP) is 3.21. The summed E-state index contributed by atoms with van der Waals surface area (Å²) >= 11 is 0. The molecule has 5 nitrogen and oxygen atoms in total. The minimum Gasteiger partial charge on any atom is -0.496 e. The van der Waals surface area contributed by atoms with E-state index in [0.29, 0.717) is 22.8 Å². The van der Waals surface area contributed by atoms with Crippen molar-refractivity contribution in [2.75, 3.05) is 21.3 Å². The van der Waals surface area contributed by atoms with Gasteiger partial charge in [0, 0.05) is 12.1 Å². The number of halogens is 1. The largest absolute Gasteiger partial charge is 0.496 e. The van der Waals surface area contributed by atoms with E-state index < -0.39 is 5.97 Å². The standard InChI is InChI=1S/C17H17FO5/c1-20-14-9-16(22-3)15(21-2)8-13(14)17(19)23-10-11-5-4-6-12(18)7-11/h4-9H,10H2,1-3H3. The zero-order chi connectivity index (χ0) is 16.8. The normalized spacial score (nSPS) is 10.1. The van der Waals surface area contributed by atoms with Crippen LogP contribution in [0.2, 0.25) is 0 Å². The number of hydrogen-bond donors (Lipinski definition) is 0. The number of ether oxygens (including phenoxy) is 4. The Morgan fingerprint density at radius 3 is 2.22 bits per heavy atom. The number of rotatable bonds is 6. The SMILES string of the molecule is COc1cc(OC)c(C(=O)OCc2cccc(F)c2)cc1OC. The van der Waals surface area contributed by atoms with Gasteiger partial charge in [0.05, 0.1) is 21.3 Å². The van der Waals surface area contributed by atoms with E-state index in [0.717, 1.165) is 0 Å². The molecular formula is C17H17FO5. The molecule has 0 saturated heterocycles. The Hall–Kier alpha value is -2.76. The number of carbonyl (C=O) groups excluding carboxylic acids is 1. The van der Waals surface area contributed by atoms with Crippen LogP contribution in [0.15, 0.2) is 36.4 Å². The van der Waals surface area contributed by atoms with Crippen molar-refractivity contribution in [2.24, 2.45) is 0 Å². The Bertz CT molecular complexity index is 699. The van der Waals surface area contributed by atoms with Gasteiger partial charge < -0.3 is 18.9 Å². The first kappa shape index (κ1) is 16.6. The maximum atomic E-state index is 13.1. The van der Waals surface area contributed by atoms with Gasteiger partial charge in [-0.15, -0.1) is 0 Å². The fraction of sp³-hybridized carbons (Fsp3) is 0.235. The maximum Gasteiger partial charge on any atom is 0.342 e. The Labute approximate surface area is 133 Å². The molecule has 0 fully saturated rings. The molecule has 6 heteroatoms. The summed E-state index contributed by atoms with van der Waals surface area (Å²) in [5, 5.41) is 0. The fourth-order valence-electron chi connectivity index (χ4n) is 2.04. The molecule has 0 heterocycles. The average molecular weight is 320 g/mol. The van der Waals surface area contributed by atoms with Crippen molar-refractivity contribution in [3.63, 3.8) is 0 Å². The van der Waals surface area contributed by atoms with E-state index >= 15 is 0 Å². The molecule has 122 valence electrons. The Morgan fingerprint density at radius 2 is 1.61 bits per heavy atom. The van der Waals surface area contributed by atoms with Crippen LogP contribution < -0.4 is 14.2 Å². The van der Waals surface area contributed by atoms with Crippen molar-refractivity contribution in [1.82, 2.24) is 0 Å². The second kappa shape index (κ2) is 7.49. The highest BCUT2D eigenvalue weighted by Gasteiger charge is 2.19. The van der Waals surface area contributed by atoms with Gasteiger partial charge in [-0.2, -0.15) is 0 Å². The summed E-state index contributed by atoms with van der Waals surface area (Å²) in [5.41, 5.74) is 0.749. The molecule has 0 bridgehead atoms. The van der Waals surface area contributed by atoms with Crippen LogP contribution in [0, 0.1) is 5.82 Å². The van der Waals surface area contributed by atoms with Gasteiger partial charge in [0.25, 0.3) is 0 Å². The summed E-state index contributed by atoms with van der Waals surface area (Å²) < 4.78 is 33.8. The molecule has 0 aliphatic carbocycles. The topological polar surface area (TPSA) is 54.0 Å². The minimum atomic E-state index is -0.605. The molecule has 2 aromatic rings. The quantitative estimate of drug-likeness (QED) is 0.765. The third-order valence-electron chi connectivity index (χ3n) is 3.18. The van der Waals surface area contributed by atoms with Crippen LogP contribution in [-0.4, -0.2) is 27.3 Å². The number of benzene rings is 2. The first-order valence-electron chi connectivity index (χ1n) is 6.80. The van der Waals surface area contributed by atoms with E-state index in [1.165, 1.54) is 45.6 Å². The molecule has 0 radical (unpaired) electrons. The molecule has 0 atom stereocenters. The minimum absolute atomic E-state index is 0.0475. The third kappa shape index (κ3) is 3.91. The van der Waals surface area contributed by atoms with Gasteiger partial charge in [0.15, 0.2) is 11.5 Å². The van der Waals surface area contributed by atoms with Crippen LogP contribution in [0.4, 0.5) is 4.39 Å². The first-order chi connectivity index (χ1) is 11.1. The number of hydrogen-bond acceptors (Lipinski definition) is 5. The van der Waals surface area contributed by atoms with Gasteiger partial charge in [-0.05, 0) is 17.7 Å². The Kier molecular flexibility index (Phi) is 5.41. The van der Waals surface area contributed by atoms with Crippen molar-refractivity contribution < 1.29 is 28.1 Å². The van der Waals surface area contributed by atoms with E-state index in [4.69, 9.17) is 18.9 Å². The summed E-state index contributed by atoms with van der Waals surface area (Å²) in [5.74, 6) is 0.123.